The number of amides is 2. The summed E-state index contributed by atoms with van der Waals surface area (Å²) in [6.07, 6.45) is 0.928. The molecular weight excluding hydrogens is 438 g/mol. The highest BCUT2D eigenvalue weighted by molar-refractivity contribution is 6.02. The van der Waals surface area contributed by atoms with Crippen LogP contribution in [0.3, 0.4) is 0 Å². The smallest absolute Gasteiger partial charge is 0.410 e. The number of rotatable bonds is 4. The predicted octanol–water partition coefficient (Wildman–Crippen LogP) is 2.79. The van der Waals surface area contributed by atoms with E-state index in [0.29, 0.717) is 43.0 Å². The van der Waals surface area contributed by atoms with Gasteiger partial charge < -0.3 is 19.9 Å². The highest BCUT2D eigenvalue weighted by Crippen LogP contribution is 2.29. The molecule has 0 saturated carbocycles. The lowest BCUT2D eigenvalue weighted by Crippen LogP contribution is -2.41. The number of H-pyrrole nitrogens is 1. The standard InChI is InChI=1S/C24H35N5O5/c1-14-19(21(32)25-13-17(30)23(2,3)4)20-26-18(31)12-16(29(20)27-14)15-8-10-28(11-9-15)22(33)34-24(5,6)7/h12,15H,8-11,13H2,1-7H3,(H,25,32)(H,26,31). The van der Waals surface area contributed by atoms with E-state index in [1.54, 1.807) is 37.1 Å². The normalized spacial score (nSPS) is 15.4. The minimum atomic E-state index is -0.570. The average molecular weight is 474 g/mol. The van der Waals surface area contributed by atoms with Gasteiger partial charge >= 0.3 is 6.09 Å². The highest BCUT2D eigenvalue weighted by atomic mass is 16.6. The molecule has 0 aliphatic carbocycles. The molecule has 186 valence electrons. The Morgan fingerprint density at radius 1 is 1.15 bits per heavy atom. The second-order valence-corrected chi connectivity index (χ2v) is 10.9. The lowest BCUT2D eigenvalue weighted by atomic mass is 9.91. The number of aromatic nitrogens is 3. The molecule has 0 atom stereocenters. The zero-order valence-corrected chi connectivity index (χ0v) is 21.1. The van der Waals surface area contributed by atoms with Gasteiger partial charge in [0.2, 0.25) is 0 Å². The summed E-state index contributed by atoms with van der Waals surface area (Å²) in [5, 5.41) is 7.18. The number of ketones is 1. The third-order valence-electron chi connectivity index (χ3n) is 5.86. The molecule has 0 aromatic carbocycles. The van der Waals surface area contributed by atoms with Crippen LogP contribution < -0.4 is 10.9 Å². The summed E-state index contributed by atoms with van der Waals surface area (Å²) in [7, 11) is 0. The van der Waals surface area contributed by atoms with Gasteiger partial charge in [0.25, 0.3) is 11.5 Å². The number of hydrogen-bond donors (Lipinski definition) is 2. The molecule has 0 radical (unpaired) electrons. The third kappa shape index (κ3) is 5.66. The first-order chi connectivity index (χ1) is 15.7. The Morgan fingerprint density at radius 3 is 2.32 bits per heavy atom. The van der Waals surface area contributed by atoms with E-state index in [9.17, 15) is 19.2 Å². The molecule has 0 unspecified atom stereocenters. The van der Waals surface area contributed by atoms with E-state index in [1.807, 2.05) is 20.8 Å². The van der Waals surface area contributed by atoms with Crippen LogP contribution in [0.2, 0.25) is 0 Å². The fraction of sp³-hybridized carbons (Fsp3) is 0.625. The first-order valence-electron chi connectivity index (χ1n) is 11.6. The Bertz CT molecular complexity index is 1160. The second-order valence-electron chi connectivity index (χ2n) is 10.9. The van der Waals surface area contributed by atoms with E-state index in [-0.39, 0.29) is 35.5 Å². The Kier molecular flexibility index (Phi) is 6.91. The zero-order valence-electron chi connectivity index (χ0n) is 21.1. The molecule has 3 rings (SSSR count). The molecule has 1 fully saturated rings. The first-order valence-corrected chi connectivity index (χ1v) is 11.6. The van der Waals surface area contributed by atoms with Crippen LogP contribution in [-0.2, 0) is 9.53 Å². The number of Topliss-reactive ketones (excluding diaryl/α,β-unsaturated/α-hetero) is 1. The van der Waals surface area contributed by atoms with E-state index in [2.05, 4.69) is 15.4 Å². The first kappa shape index (κ1) is 25.5. The minimum Gasteiger partial charge on any atom is -0.444 e. The molecule has 2 aromatic rings. The summed E-state index contributed by atoms with van der Waals surface area (Å²) < 4.78 is 7.06. The van der Waals surface area contributed by atoms with Gasteiger partial charge in [0, 0.05) is 30.5 Å². The lowest BCUT2D eigenvalue weighted by molar-refractivity contribution is -0.125. The van der Waals surface area contributed by atoms with Crippen molar-refractivity contribution in [3.05, 3.63) is 33.4 Å². The Morgan fingerprint density at radius 2 is 1.76 bits per heavy atom. The molecule has 10 heteroatoms. The van der Waals surface area contributed by atoms with Gasteiger partial charge in [0.05, 0.1) is 17.9 Å². The zero-order chi connectivity index (χ0) is 25.4. The van der Waals surface area contributed by atoms with Crippen LogP contribution in [0, 0.1) is 12.3 Å². The van der Waals surface area contributed by atoms with Crippen molar-refractivity contribution in [3.63, 3.8) is 0 Å². The highest BCUT2D eigenvalue weighted by Gasteiger charge is 2.30. The number of hydrogen-bond acceptors (Lipinski definition) is 6. The van der Waals surface area contributed by atoms with Gasteiger partial charge in [-0.15, -0.1) is 0 Å². The summed E-state index contributed by atoms with van der Waals surface area (Å²) >= 11 is 0. The fourth-order valence-electron chi connectivity index (χ4n) is 3.94. The van der Waals surface area contributed by atoms with Crippen molar-refractivity contribution < 1.29 is 19.1 Å². The maximum absolute atomic E-state index is 12.9. The molecule has 3 heterocycles. The third-order valence-corrected chi connectivity index (χ3v) is 5.86. The van der Waals surface area contributed by atoms with Crippen molar-refractivity contribution in [1.82, 2.24) is 24.8 Å². The number of aromatic amines is 1. The fourth-order valence-corrected chi connectivity index (χ4v) is 3.94. The molecule has 2 N–H and O–H groups in total. The van der Waals surface area contributed by atoms with Gasteiger partial charge in [-0.2, -0.15) is 5.10 Å². The van der Waals surface area contributed by atoms with Crippen LogP contribution in [-0.4, -0.2) is 62.5 Å². The lowest BCUT2D eigenvalue weighted by Gasteiger charge is -2.33. The number of nitrogens with one attached hydrogen (secondary N) is 2. The van der Waals surface area contributed by atoms with Gasteiger partial charge in [-0.3, -0.25) is 14.4 Å². The van der Waals surface area contributed by atoms with Crippen molar-refractivity contribution in [2.24, 2.45) is 5.41 Å². The second kappa shape index (κ2) is 9.23. The summed E-state index contributed by atoms with van der Waals surface area (Å²) in [4.78, 5) is 54.4. The van der Waals surface area contributed by atoms with E-state index in [0.717, 1.165) is 0 Å². The van der Waals surface area contributed by atoms with Crippen molar-refractivity contribution in [1.29, 1.82) is 0 Å². The quantitative estimate of drug-likeness (QED) is 0.703. The molecule has 0 spiro atoms. The molecule has 1 aliphatic heterocycles. The van der Waals surface area contributed by atoms with Crippen LogP contribution >= 0.6 is 0 Å². The van der Waals surface area contributed by atoms with Crippen LogP contribution in [0.25, 0.3) is 5.65 Å². The van der Waals surface area contributed by atoms with Gasteiger partial charge in [-0.05, 0) is 40.5 Å². The molecular formula is C24H35N5O5. The number of carbonyl (C=O) groups excluding carboxylic acids is 3. The minimum absolute atomic E-state index is 0.0128. The number of fused-ring (bicyclic) bond motifs is 1. The monoisotopic (exact) mass is 473 g/mol. The van der Waals surface area contributed by atoms with Gasteiger partial charge in [-0.1, -0.05) is 20.8 Å². The number of nitrogens with zero attached hydrogens (tertiary/aromatic N) is 3. The molecule has 1 aliphatic rings. The molecule has 34 heavy (non-hydrogen) atoms. The Hall–Kier alpha value is -3.17. The number of carbonyl (C=O) groups is 3. The molecule has 1 saturated heterocycles. The van der Waals surface area contributed by atoms with Gasteiger partial charge in [0.15, 0.2) is 5.78 Å². The summed E-state index contributed by atoms with van der Waals surface area (Å²) in [5.41, 5.74) is 0.219. The summed E-state index contributed by atoms with van der Waals surface area (Å²) in [5.74, 6) is -0.570. The van der Waals surface area contributed by atoms with Gasteiger partial charge in [0.1, 0.15) is 16.8 Å². The van der Waals surface area contributed by atoms with Gasteiger partial charge in [-0.25, -0.2) is 9.31 Å². The van der Waals surface area contributed by atoms with Crippen molar-refractivity contribution in [2.45, 2.75) is 72.8 Å². The van der Waals surface area contributed by atoms with Crippen LogP contribution in [0.1, 0.15) is 82.0 Å². The molecule has 2 aromatic heterocycles. The van der Waals surface area contributed by atoms with Crippen molar-refractivity contribution in [2.75, 3.05) is 19.6 Å². The van der Waals surface area contributed by atoms with Crippen LogP contribution in [0.15, 0.2) is 10.9 Å². The Balaban J connectivity index is 1.82. The maximum atomic E-state index is 12.9. The average Bonchev–Trinajstić information content (AvgIpc) is 3.04. The topological polar surface area (TPSA) is 126 Å². The molecule has 2 amide bonds. The Labute approximate surface area is 199 Å². The largest absolute Gasteiger partial charge is 0.444 e. The number of ether oxygens (including phenoxy) is 1. The van der Waals surface area contributed by atoms with Crippen molar-refractivity contribution >= 4 is 23.4 Å². The molecule has 10 nitrogen and oxygen atoms in total. The van der Waals surface area contributed by atoms with Crippen LogP contribution in [0.4, 0.5) is 4.79 Å². The SMILES string of the molecule is Cc1nn2c(C3CCN(C(=O)OC(C)(C)C)CC3)cc(=O)[nH]c2c1C(=O)NCC(=O)C(C)(C)C. The summed E-state index contributed by atoms with van der Waals surface area (Å²) in [6.45, 7) is 13.5. The molecule has 0 bridgehead atoms. The predicted molar refractivity (Wildman–Crippen MR) is 127 cm³/mol. The van der Waals surface area contributed by atoms with Crippen LogP contribution in [0.5, 0.6) is 0 Å². The van der Waals surface area contributed by atoms with E-state index < -0.39 is 16.9 Å². The number of aryl methyl sites for hydroxylation is 1. The summed E-state index contributed by atoms with van der Waals surface area (Å²) in [6, 6.07) is 1.50. The van der Waals surface area contributed by atoms with E-state index in [4.69, 9.17) is 4.74 Å². The number of piperidine rings is 1. The van der Waals surface area contributed by atoms with Crippen molar-refractivity contribution in [3.8, 4) is 0 Å². The maximum Gasteiger partial charge on any atom is 0.410 e. The van der Waals surface area contributed by atoms with E-state index >= 15 is 0 Å². The number of likely N-dealkylation sites (tertiary alicyclic amines) is 1. The van der Waals surface area contributed by atoms with E-state index in [1.165, 1.54) is 6.07 Å².